The normalized spacial score (nSPS) is 18.7. The number of aryl methyl sites for hydroxylation is 1. The summed E-state index contributed by atoms with van der Waals surface area (Å²) in [6.45, 7) is 4.72. The molecule has 1 aromatic carbocycles. The third-order valence-electron chi connectivity index (χ3n) is 6.13. The summed E-state index contributed by atoms with van der Waals surface area (Å²) < 4.78 is 13.9. The van der Waals surface area contributed by atoms with Crippen LogP contribution in [-0.4, -0.2) is 51.1 Å². The minimum atomic E-state index is -0.570. The van der Waals surface area contributed by atoms with Crippen LogP contribution in [0.3, 0.4) is 0 Å². The predicted octanol–water partition coefficient (Wildman–Crippen LogP) is 3.33. The number of carbonyl (C=O) groups excluding carboxylic acids is 1. The second-order valence-electron chi connectivity index (χ2n) is 8.21. The molecule has 31 heavy (non-hydrogen) atoms. The molecule has 160 valence electrons. The van der Waals surface area contributed by atoms with Crippen LogP contribution in [0.4, 0.5) is 0 Å². The smallest absolute Gasteiger partial charge is 0.267 e. The number of piperidine rings is 1. The Morgan fingerprint density at radius 1 is 1.10 bits per heavy atom. The number of ether oxygens (including phenoxy) is 2. The molecular formula is C24H26N4O3. The van der Waals surface area contributed by atoms with Gasteiger partial charge in [-0.25, -0.2) is 4.98 Å². The summed E-state index contributed by atoms with van der Waals surface area (Å²) in [5, 5.41) is 0. The molecule has 0 radical (unpaired) electrons. The zero-order valence-electron chi connectivity index (χ0n) is 17.6. The molecule has 2 aromatic heterocycles. The summed E-state index contributed by atoms with van der Waals surface area (Å²) in [6, 6.07) is 11.5. The molecule has 0 N–H and O–H groups in total. The van der Waals surface area contributed by atoms with Crippen LogP contribution in [0.2, 0.25) is 0 Å². The van der Waals surface area contributed by atoms with Crippen LogP contribution in [0.15, 0.2) is 55.0 Å². The third kappa shape index (κ3) is 4.00. The van der Waals surface area contributed by atoms with E-state index in [0.29, 0.717) is 17.4 Å². The third-order valence-corrected chi connectivity index (χ3v) is 6.13. The molecule has 7 heteroatoms. The molecule has 1 unspecified atom stereocenters. The van der Waals surface area contributed by atoms with Gasteiger partial charge in [0.25, 0.3) is 5.91 Å². The monoisotopic (exact) mass is 418 g/mol. The fraction of sp³-hybridized carbons (Fsp3) is 0.375. The van der Waals surface area contributed by atoms with Gasteiger partial charge in [-0.15, -0.1) is 0 Å². The number of likely N-dealkylation sites (tertiary alicyclic amines) is 1. The van der Waals surface area contributed by atoms with E-state index < -0.39 is 6.10 Å². The zero-order chi connectivity index (χ0) is 21.2. The molecule has 0 bridgehead atoms. The standard InChI is InChI=1S/C24H26N4O3/c1-17-13-26-23(19-5-4-10-25-14-19)28(17)15-18-8-11-27(12-9-18)24(29)22-16-30-20-6-2-3-7-21(20)31-22/h2-7,10,13-14,18,22H,8-9,11-12,15-16H2,1H3. The van der Waals surface area contributed by atoms with Crippen molar-refractivity contribution in [2.24, 2.45) is 5.92 Å². The molecule has 1 amide bonds. The lowest BCUT2D eigenvalue weighted by Gasteiger charge is -2.35. The number of aromatic nitrogens is 3. The summed E-state index contributed by atoms with van der Waals surface area (Å²) in [5.74, 6) is 2.81. The van der Waals surface area contributed by atoms with Crippen molar-refractivity contribution in [1.82, 2.24) is 19.4 Å². The van der Waals surface area contributed by atoms with Crippen molar-refractivity contribution in [2.45, 2.75) is 32.4 Å². The lowest BCUT2D eigenvalue weighted by atomic mass is 9.96. The van der Waals surface area contributed by atoms with Crippen molar-refractivity contribution >= 4 is 5.91 Å². The Hall–Kier alpha value is -3.35. The number of para-hydroxylation sites is 2. The number of hydrogen-bond acceptors (Lipinski definition) is 5. The van der Waals surface area contributed by atoms with Crippen LogP contribution in [0, 0.1) is 12.8 Å². The number of rotatable bonds is 4. The van der Waals surface area contributed by atoms with Gasteiger partial charge >= 0.3 is 0 Å². The minimum Gasteiger partial charge on any atom is -0.485 e. The fourth-order valence-corrected chi connectivity index (χ4v) is 4.36. The van der Waals surface area contributed by atoms with Crippen LogP contribution < -0.4 is 9.47 Å². The van der Waals surface area contributed by atoms with E-state index in [1.54, 1.807) is 6.20 Å². The molecule has 2 aliphatic heterocycles. The summed E-state index contributed by atoms with van der Waals surface area (Å²) in [4.78, 5) is 23.7. The fourth-order valence-electron chi connectivity index (χ4n) is 4.36. The van der Waals surface area contributed by atoms with Crippen LogP contribution in [0.1, 0.15) is 18.5 Å². The topological polar surface area (TPSA) is 69.5 Å². The maximum atomic E-state index is 13.0. The van der Waals surface area contributed by atoms with Crippen molar-refractivity contribution in [1.29, 1.82) is 0 Å². The minimum absolute atomic E-state index is 0.0165. The number of nitrogens with zero attached hydrogens (tertiary/aromatic N) is 4. The molecule has 7 nitrogen and oxygen atoms in total. The number of imidazole rings is 1. The number of carbonyl (C=O) groups is 1. The number of benzene rings is 1. The highest BCUT2D eigenvalue weighted by molar-refractivity contribution is 5.82. The summed E-state index contributed by atoms with van der Waals surface area (Å²) in [6.07, 6.45) is 6.89. The van der Waals surface area contributed by atoms with Crippen molar-refractivity contribution in [3.63, 3.8) is 0 Å². The average Bonchev–Trinajstić information content (AvgIpc) is 3.19. The molecule has 4 heterocycles. The summed E-state index contributed by atoms with van der Waals surface area (Å²) >= 11 is 0. The van der Waals surface area contributed by atoms with Crippen molar-refractivity contribution in [3.05, 3.63) is 60.7 Å². The van der Waals surface area contributed by atoms with Crippen LogP contribution in [-0.2, 0) is 11.3 Å². The number of pyridine rings is 1. The maximum absolute atomic E-state index is 13.0. The van der Waals surface area contributed by atoms with Crippen LogP contribution in [0.5, 0.6) is 11.5 Å². The number of hydrogen-bond donors (Lipinski definition) is 0. The van der Waals surface area contributed by atoms with Gasteiger partial charge in [0.05, 0.1) is 0 Å². The van der Waals surface area contributed by atoms with Gasteiger partial charge in [0.1, 0.15) is 12.4 Å². The van der Waals surface area contributed by atoms with E-state index in [2.05, 4.69) is 21.5 Å². The van der Waals surface area contributed by atoms with Gasteiger partial charge in [0.2, 0.25) is 6.10 Å². The van der Waals surface area contributed by atoms with Gasteiger partial charge in [-0.3, -0.25) is 9.78 Å². The second-order valence-corrected chi connectivity index (χ2v) is 8.21. The van der Waals surface area contributed by atoms with Crippen molar-refractivity contribution < 1.29 is 14.3 Å². The first-order valence-electron chi connectivity index (χ1n) is 10.8. The molecule has 3 aromatic rings. The van der Waals surface area contributed by atoms with Crippen molar-refractivity contribution in [3.8, 4) is 22.9 Å². The number of fused-ring (bicyclic) bond motifs is 1. The average molecular weight is 418 g/mol. The van der Waals surface area contributed by atoms with E-state index in [1.807, 2.05) is 53.7 Å². The molecule has 1 saturated heterocycles. The summed E-state index contributed by atoms with van der Waals surface area (Å²) in [5.41, 5.74) is 2.17. The van der Waals surface area contributed by atoms with E-state index >= 15 is 0 Å². The lowest BCUT2D eigenvalue weighted by molar-refractivity contribution is -0.142. The molecule has 5 rings (SSSR count). The SMILES string of the molecule is Cc1cnc(-c2cccnc2)n1CC1CCN(C(=O)C2COc3ccccc3O2)CC1. The van der Waals surface area contributed by atoms with E-state index in [0.717, 1.165) is 49.6 Å². The van der Waals surface area contributed by atoms with Gasteiger partial charge in [0.15, 0.2) is 11.5 Å². The predicted molar refractivity (Wildman–Crippen MR) is 116 cm³/mol. The molecule has 1 fully saturated rings. The highest BCUT2D eigenvalue weighted by Gasteiger charge is 2.33. The Kier molecular flexibility index (Phi) is 5.32. The van der Waals surface area contributed by atoms with Crippen LogP contribution in [0.25, 0.3) is 11.4 Å². The molecule has 1 atom stereocenters. The highest BCUT2D eigenvalue weighted by Crippen LogP contribution is 2.32. The van der Waals surface area contributed by atoms with Gasteiger partial charge in [-0.2, -0.15) is 0 Å². The van der Waals surface area contributed by atoms with E-state index in [4.69, 9.17) is 9.47 Å². The molecule has 2 aliphatic rings. The van der Waals surface area contributed by atoms with Gasteiger partial charge in [0, 0.05) is 49.5 Å². The zero-order valence-corrected chi connectivity index (χ0v) is 17.6. The van der Waals surface area contributed by atoms with E-state index in [-0.39, 0.29) is 12.5 Å². The largest absolute Gasteiger partial charge is 0.485 e. The molecule has 0 aliphatic carbocycles. The van der Waals surface area contributed by atoms with Gasteiger partial charge < -0.3 is 18.9 Å². The highest BCUT2D eigenvalue weighted by atomic mass is 16.6. The maximum Gasteiger partial charge on any atom is 0.267 e. The Labute approximate surface area is 181 Å². The quantitative estimate of drug-likeness (QED) is 0.650. The Morgan fingerprint density at radius 3 is 2.68 bits per heavy atom. The Morgan fingerprint density at radius 2 is 1.90 bits per heavy atom. The van der Waals surface area contributed by atoms with E-state index in [1.165, 1.54) is 0 Å². The molecule has 0 saturated carbocycles. The summed E-state index contributed by atoms with van der Waals surface area (Å²) in [7, 11) is 0. The first-order valence-corrected chi connectivity index (χ1v) is 10.8. The van der Waals surface area contributed by atoms with E-state index in [9.17, 15) is 4.79 Å². The lowest BCUT2D eigenvalue weighted by Crippen LogP contribution is -2.49. The Balaban J connectivity index is 1.20. The molecular weight excluding hydrogens is 392 g/mol. The first kappa shape index (κ1) is 19.6. The first-order chi connectivity index (χ1) is 15.2. The number of amides is 1. The van der Waals surface area contributed by atoms with Gasteiger partial charge in [-0.05, 0) is 49.9 Å². The van der Waals surface area contributed by atoms with Crippen LogP contribution >= 0.6 is 0 Å². The van der Waals surface area contributed by atoms with Crippen molar-refractivity contribution in [2.75, 3.05) is 19.7 Å². The van der Waals surface area contributed by atoms with Gasteiger partial charge in [-0.1, -0.05) is 12.1 Å². The Bertz CT molecular complexity index is 1060. The molecule has 0 spiro atoms. The second kappa shape index (κ2) is 8.41.